The molecule has 18 heavy (non-hydrogen) atoms. The van der Waals surface area contributed by atoms with Crippen molar-refractivity contribution in [2.45, 2.75) is 33.1 Å². The highest BCUT2D eigenvalue weighted by atomic mass is 79.9. The maximum Gasteiger partial charge on any atom is 0.224 e. The minimum atomic E-state index is 0.445. The van der Waals surface area contributed by atoms with Crippen LogP contribution in [0.25, 0.3) is 0 Å². The molecule has 2 heterocycles. The zero-order valence-electron chi connectivity index (χ0n) is 11.3. The molecule has 1 N–H and O–H groups in total. The average molecular weight is 313 g/mol. The van der Waals surface area contributed by atoms with Crippen LogP contribution < -0.4 is 10.2 Å². The second-order valence-electron chi connectivity index (χ2n) is 5.62. The standard InChI is InChI=1S/C13H21BrN4/c1-13(2)5-4-7-18(8-6-13)11-10(14)9-16-12(15-3)17-11/h9H,4-8H2,1-3H3,(H,15,16,17). The largest absolute Gasteiger partial charge is 0.357 e. The second-order valence-corrected chi connectivity index (χ2v) is 6.47. The summed E-state index contributed by atoms with van der Waals surface area (Å²) in [6, 6.07) is 0. The third kappa shape index (κ3) is 3.13. The molecule has 0 unspecified atom stereocenters. The van der Waals surface area contributed by atoms with Crippen LogP contribution in [0, 0.1) is 5.41 Å². The van der Waals surface area contributed by atoms with Gasteiger partial charge in [0.1, 0.15) is 5.82 Å². The molecule has 0 aliphatic carbocycles. The quantitative estimate of drug-likeness (QED) is 0.909. The van der Waals surface area contributed by atoms with Crippen LogP contribution in [0.15, 0.2) is 10.7 Å². The maximum atomic E-state index is 4.56. The fourth-order valence-corrected chi connectivity index (χ4v) is 2.78. The molecule has 0 radical (unpaired) electrons. The first-order valence-electron chi connectivity index (χ1n) is 6.47. The molecule has 0 atom stereocenters. The molecular weight excluding hydrogens is 292 g/mol. The van der Waals surface area contributed by atoms with Crippen molar-refractivity contribution in [2.24, 2.45) is 5.41 Å². The molecule has 0 spiro atoms. The molecule has 4 nitrogen and oxygen atoms in total. The summed E-state index contributed by atoms with van der Waals surface area (Å²) in [5.41, 5.74) is 0.445. The lowest BCUT2D eigenvalue weighted by atomic mass is 9.85. The van der Waals surface area contributed by atoms with Gasteiger partial charge in [0.2, 0.25) is 5.95 Å². The SMILES string of the molecule is CNc1ncc(Br)c(N2CCCC(C)(C)CC2)n1. The van der Waals surface area contributed by atoms with Crippen LogP contribution in [-0.4, -0.2) is 30.1 Å². The number of nitrogens with zero attached hydrogens (tertiary/aromatic N) is 3. The Balaban J connectivity index is 2.20. The maximum absolute atomic E-state index is 4.56. The highest BCUT2D eigenvalue weighted by Gasteiger charge is 2.24. The van der Waals surface area contributed by atoms with E-state index >= 15 is 0 Å². The van der Waals surface area contributed by atoms with Crippen molar-refractivity contribution in [3.63, 3.8) is 0 Å². The van der Waals surface area contributed by atoms with Gasteiger partial charge < -0.3 is 10.2 Å². The zero-order valence-corrected chi connectivity index (χ0v) is 12.9. The van der Waals surface area contributed by atoms with Crippen molar-refractivity contribution in [1.29, 1.82) is 0 Å². The van der Waals surface area contributed by atoms with E-state index in [0.717, 1.165) is 23.4 Å². The van der Waals surface area contributed by atoms with E-state index in [1.807, 2.05) is 13.2 Å². The minimum Gasteiger partial charge on any atom is -0.357 e. The predicted octanol–water partition coefficient (Wildman–Crippen LogP) is 3.30. The van der Waals surface area contributed by atoms with Gasteiger partial charge in [-0.2, -0.15) is 4.98 Å². The number of halogens is 1. The molecular formula is C13H21BrN4. The van der Waals surface area contributed by atoms with Gasteiger partial charge in [-0.3, -0.25) is 0 Å². The van der Waals surface area contributed by atoms with Gasteiger partial charge in [0.05, 0.1) is 4.47 Å². The Kier molecular flexibility index (Phi) is 4.10. The van der Waals surface area contributed by atoms with Gasteiger partial charge in [0.25, 0.3) is 0 Å². The predicted molar refractivity (Wildman–Crippen MR) is 79.1 cm³/mol. The van der Waals surface area contributed by atoms with E-state index in [4.69, 9.17) is 0 Å². The van der Waals surface area contributed by atoms with Gasteiger partial charge >= 0.3 is 0 Å². The Morgan fingerprint density at radius 2 is 2.11 bits per heavy atom. The Morgan fingerprint density at radius 1 is 1.33 bits per heavy atom. The van der Waals surface area contributed by atoms with E-state index in [0.29, 0.717) is 11.4 Å². The van der Waals surface area contributed by atoms with Crippen LogP contribution in [0.4, 0.5) is 11.8 Å². The molecule has 5 heteroatoms. The smallest absolute Gasteiger partial charge is 0.224 e. The van der Waals surface area contributed by atoms with E-state index in [-0.39, 0.29) is 0 Å². The second kappa shape index (κ2) is 5.43. The van der Waals surface area contributed by atoms with Crippen molar-refractivity contribution in [1.82, 2.24) is 9.97 Å². The number of hydrogen-bond acceptors (Lipinski definition) is 4. The lowest BCUT2D eigenvalue weighted by molar-refractivity contribution is 0.325. The molecule has 1 fully saturated rings. The molecule has 0 bridgehead atoms. The van der Waals surface area contributed by atoms with Gasteiger partial charge in [-0.1, -0.05) is 13.8 Å². The molecule has 0 saturated carbocycles. The normalized spacial score (nSPS) is 19.4. The number of nitrogens with one attached hydrogen (secondary N) is 1. The molecule has 0 aromatic carbocycles. The Morgan fingerprint density at radius 3 is 2.83 bits per heavy atom. The summed E-state index contributed by atoms with van der Waals surface area (Å²) in [6.07, 6.45) is 5.53. The fourth-order valence-electron chi connectivity index (χ4n) is 2.34. The zero-order chi connectivity index (χ0) is 13.2. The van der Waals surface area contributed by atoms with Crippen molar-refractivity contribution < 1.29 is 0 Å². The summed E-state index contributed by atoms with van der Waals surface area (Å²) in [6.45, 7) is 6.84. The van der Waals surface area contributed by atoms with Crippen molar-refractivity contribution in [3.05, 3.63) is 10.7 Å². The summed E-state index contributed by atoms with van der Waals surface area (Å²) in [5, 5.41) is 3.00. The van der Waals surface area contributed by atoms with Crippen molar-refractivity contribution in [2.75, 3.05) is 30.4 Å². The third-order valence-corrected chi connectivity index (χ3v) is 4.15. The molecule has 2 rings (SSSR count). The summed E-state index contributed by atoms with van der Waals surface area (Å²) < 4.78 is 0.973. The van der Waals surface area contributed by atoms with E-state index in [9.17, 15) is 0 Å². The van der Waals surface area contributed by atoms with Crippen molar-refractivity contribution >= 4 is 27.7 Å². The molecule has 0 amide bonds. The van der Waals surface area contributed by atoms with Gasteiger partial charge in [-0.15, -0.1) is 0 Å². The number of hydrogen-bond donors (Lipinski definition) is 1. The van der Waals surface area contributed by atoms with E-state index in [2.05, 4.69) is 50.0 Å². The molecule has 1 aromatic heterocycles. The summed E-state index contributed by atoms with van der Waals surface area (Å²) in [4.78, 5) is 11.1. The first kappa shape index (κ1) is 13.6. The van der Waals surface area contributed by atoms with Gasteiger partial charge in [0.15, 0.2) is 0 Å². The van der Waals surface area contributed by atoms with E-state index in [1.165, 1.54) is 19.3 Å². The van der Waals surface area contributed by atoms with E-state index < -0.39 is 0 Å². The monoisotopic (exact) mass is 312 g/mol. The highest BCUT2D eigenvalue weighted by molar-refractivity contribution is 9.10. The fraction of sp³-hybridized carbons (Fsp3) is 0.692. The van der Waals surface area contributed by atoms with Crippen LogP contribution in [0.5, 0.6) is 0 Å². The molecule has 1 aliphatic heterocycles. The van der Waals surface area contributed by atoms with Crippen LogP contribution in [0.1, 0.15) is 33.1 Å². The Labute approximate surface area is 117 Å². The van der Waals surface area contributed by atoms with Crippen LogP contribution >= 0.6 is 15.9 Å². The number of aromatic nitrogens is 2. The lowest BCUT2D eigenvalue weighted by Gasteiger charge is -2.24. The van der Waals surface area contributed by atoms with Gasteiger partial charge in [-0.05, 0) is 40.6 Å². The summed E-state index contributed by atoms with van der Waals surface area (Å²) >= 11 is 3.55. The number of anilines is 2. The summed E-state index contributed by atoms with van der Waals surface area (Å²) in [7, 11) is 1.85. The third-order valence-electron chi connectivity index (χ3n) is 3.59. The number of rotatable bonds is 2. The Hall–Kier alpha value is -0.840. The lowest BCUT2D eigenvalue weighted by Crippen LogP contribution is -2.26. The van der Waals surface area contributed by atoms with Crippen LogP contribution in [0.2, 0.25) is 0 Å². The van der Waals surface area contributed by atoms with Crippen LogP contribution in [0.3, 0.4) is 0 Å². The highest BCUT2D eigenvalue weighted by Crippen LogP contribution is 2.33. The Bertz CT molecular complexity index is 419. The minimum absolute atomic E-state index is 0.445. The summed E-state index contributed by atoms with van der Waals surface area (Å²) in [5.74, 6) is 1.68. The molecule has 1 aliphatic rings. The van der Waals surface area contributed by atoms with E-state index in [1.54, 1.807) is 0 Å². The van der Waals surface area contributed by atoms with Crippen LogP contribution in [-0.2, 0) is 0 Å². The van der Waals surface area contributed by atoms with Gasteiger partial charge in [-0.25, -0.2) is 4.98 Å². The average Bonchev–Trinajstić information content (AvgIpc) is 2.51. The molecule has 1 saturated heterocycles. The first-order chi connectivity index (χ1) is 8.52. The van der Waals surface area contributed by atoms with Crippen molar-refractivity contribution in [3.8, 4) is 0 Å². The topological polar surface area (TPSA) is 41.1 Å². The van der Waals surface area contributed by atoms with Gasteiger partial charge in [0, 0.05) is 26.3 Å². The molecule has 100 valence electrons. The molecule has 1 aromatic rings. The first-order valence-corrected chi connectivity index (χ1v) is 7.26.